The summed E-state index contributed by atoms with van der Waals surface area (Å²) in [5, 5.41) is 0.679. The molecule has 5 nitrogen and oxygen atoms in total. The van der Waals surface area contributed by atoms with Gasteiger partial charge in [0.15, 0.2) is 0 Å². The van der Waals surface area contributed by atoms with Crippen molar-refractivity contribution >= 4 is 35.1 Å². The Kier molecular flexibility index (Phi) is 5.03. The van der Waals surface area contributed by atoms with Gasteiger partial charge in [-0.15, -0.1) is 11.8 Å². The number of aryl methyl sites for hydroxylation is 1. The lowest BCUT2D eigenvalue weighted by Crippen LogP contribution is -2.13. The van der Waals surface area contributed by atoms with Crippen LogP contribution in [0.5, 0.6) is 0 Å². The number of benzene rings is 1. The van der Waals surface area contributed by atoms with Crippen LogP contribution in [0.2, 0.25) is 5.02 Å². The highest BCUT2D eigenvalue weighted by Crippen LogP contribution is 2.29. The molecule has 1 heterocycles. The minimum Gasteiger partial charge on any atom is -0.465 e. The number of halogens is 1. The number of anilines is 1. The van der Waals surface area contributed by atoms with Crippen LogP contribution >= 0.6 is 23.4 Å². The van der Waals surface area contributed by atoms with Crippen molar-refractivity contribution in [3.63, 3.8) is 0 Å². The zero-order chi connectivity index (χ0) is 15.4. The lowest BCUT2D eigenvalue weighted by molar-refractivity contribution is 0.0600. The molecule has 0 spiro atoms. The molecule has 0 saturated carbocycles. The molecule has 7 heteroatoms. The number of carbonyl (C=O) groups excluding carboxylic acids is 1. The summed E-state index contributed by atoms with van der Waals surface area (Å²) in [5.41, 5.74) is 6.53. The molecule has 0 unspecified atom stereocenters. The number of hydrogen-bond acceptors (Lipinski definition) is 6. The molecule has 0 fully saturated rings. The third-order valence-corrected chi connectivity index (χ3v) is 4.26. The highest BCUT2D eigenvalue weighted by Gasteiger charge is 2.17. The number of carbonyl (C=O) groups is 1. The molecule has 0 saturated heterocycles. The average molecular weight is 324 g/mol. The fourth-order valence-electron chi connectivity index (χ4n) is 1.78. The van der Waals surface area contributed by atoms with Gasteiger partial charge < -0.3 is 10.5 Å². The molecular weight excluding hydrogens is 310 g/mol. The molecular formula is C14H14ClN3O2S. The maximum absolute atomic E-state index is 11.6. The first kappa shape index (κ1) is 15.6. The van der Waals surface area contributed by atoms with Gasteiger partial charge in [0.1, 0.15) is 17.2 Å². The first-order chi connectivity index (χ1) is 10.0. The number of hydrogen-bond donors (Lipinski definition) is 1. The molecule has 0 atom stereocenters. The molecule has 0 aliphatic heterocycles. The van der Waals surface area contributed by atoms with E-state index in [2.05, 4.69) is 14.7 Å². The minimum atomic E-state index is -0.532. The Morgan fingerprint density at radius 3 is 2.71 bits per heavy atom. The fourth-order valence-corrected chi connectivity index (χ4v) is 2.87. The first-order valence-corrected chi connectivity index (χ1v) is 7.48. The maximum Gasteiger partial charge on any atom is 0.343 e. The second-order valence-corrected chi connectivity index (χ2v) is 5.62. The Hall–Kier alpha value is -1.79. The predicted octanol–water partition coefficient (Wildman–Crippen LogP) is 3.10. The van der Waals surface area contributed by atoms with Crippen LogP contribution < -0.4 is 5.73 Å². The van der Waals surface area contributed by atoms with E-state index < -0.39 is 5.97 Å². The van der Waals surface area contributed by atoms with Crippen LogP contribution in [0, 0.1) is 6.92 Å². The number of nitrogens with two attached hydrogens (primary N) is 1. The predicted molar refractivity (Wildman–Crippen MR) is 83.5 cm³/mol. The summed E-state index contributed by atoms with van der Waals surface area (Å²) in [6.45, 7) is 1.70. The standard InChI is InChI=1S/C14H14ClN3O2S/c1-8-12(14(19)20-2)13(16)18-11(17-8)7-21-10-6-4-3-5-9(10)15/h3-6H,7H2,1-2H3,(H2,16,17,18). The summed E-state index contributed by atoms with van der Waals surface area (Å²) >= 11 is 7.60. The molecule has 0 amide bonds. The van der Waals surface area contributed by atoms with Crippen LogP contribution in [0.1, 0.15) is 21.9 Å². The third kappa shape index (κ3) is 3.65. The van der Waals surface area contributed by atoms with Gasteiger partial charge in [0.25, 0.3) is 0 Å². The van der Waals surface area contributed by atoms with Crippen molar-refractivity contribution in [2.45, 2.75) is 17.6 Å². The number of nitrogen functional groups attached to an aromatic ring is 1. The van der Waals surface area contributed by atoms with Crippen molar-refractivity contribution in [3.8, 4) is 0 Å². The Morgan fingerprint density at radius 1 is 1.38 bits per heavy atom. The summed E-state index contributed by atoms with van der Waals surface area (Å²) in [6.07, 6.45) is 0. The summed E-state index contributed by atoms with van der Waals surface area (Å²) in [6, 6.07) is 7.53. The van der Waals surface area contributed by atoms with Crippen molar-refractivity contribution in [2.75, 3.05) is 12.8 Å². The van der Waals surface area contributed by atoms with Crippen molar-refractivity contribution in [1.29, 1.82) is 0 Å². The highest BCUT2D eigenvalue weighted by molar-refractivity contribution is 7.98. The lowest BCUT2D eigenvalue weighted by atomic mass is 10.2. The van der Waals surface area contributed by atoms with Crippen LogP contribution in [0.3, 0.4) is 0 Å². The van der Waals surface area contributed by atoms with Crippen LogP contribution in [-0.4, -0.2) is 23.0 Å². The van der Waals surface area contributed by atoms with Crippen LogP contribution in [0.4, 0.5) is 5.82 Å². The van der Waals surface area contributed by atoms with E-state index >= 15 is 0 Å². The molecule has 2 rings (SSSR count). The van der Waals surface area contributed by atoms with Gasteiger partial charge >= 0.3 is 5.97 Å². The topological polar surface area (TPSA) is 78.1 Å². The van der Waals surface area contributed by atoms with E-state index in [1.807, 2.05) is 24.3 Å². The average Bonchev–Trinajstić information content (AvgIpc) is 2.45. The SMILES string of the molecule is COC(=O)c1c(C)nc(CSc2ccccc2Cl)nc1N. The molecule has 110 valence electrons. The van der Waals surface area contributed by atoms with Gasteiger partial charge in [-0.05, 0) is 19.1 Å². The van der Waals surface area contributed by atoms with Gasteiger partial charge in [-0.2, -0.15) is 0 Å². The molecule has 0 radical (unpaired) electrons. The number of nitrogens with zero attached hydrogens (tertiary/aromatic N) is 2. The lowest BCUT2D eigenvalue weighted by Gasteiger charge is -2.09. The van der Waals surface area contributed by atoms with E-state index in [1.165, 1.54) is 18.9 Å². The number of rotatable bonds is 4. The first-order valence-electron chi connectivity index (χ1n) is 6.11. The van der Waals surface area contributed by atoms with Crippen LogP contribution in [0.25, 0.3) is 0 Å². The van der Waals surface area contributed by atoms with E-state index in [0.717, 1.165) is 4.90 Å². The quantitative estimate of drug-likeness (QED) is 0.688. The molecule has 0 aliphatic carbocycles. The Bertz CT molecular complexity index is 656. The summed E-state index contributed by atoms with van der Waals surface area (Å²) in [4.78, 5) is 21.0. The molecule has 0 bridgehead atoms. The Morgan fingerprint density at radius 2 is 2.10 bits per heavy atom. The fraction of sp³-hybridized carbons (Fsp3) is 0.214. The number of esters is 1. The van der Waals surface area contributed by atoms with Crippen molar-refractivity contribution < 1.29 is 9.53 Å². The van der Waals surface area contributed by atoms with Gasteiger partial charge in [0, 0.05) is 4.90 Å². The summed E-state index contributed by atoms with van der Waals surface area (Å²) in [7, 11) is 1.29. The van der Waals surface area contributed by atoms with Gasteiger partial charge in [0.05, 0.1) is 23.6 Å². The third-order valence-electron chi connectivity index (χ3n) is 2.75. The Labute approximate surface area is 131 Å². The van der Waals surface area contributed by atoms with Crippen LogP contribution in [-0.2, 0) is 10.5 Å². The van der Waals surface area contributed by atoms with E-state index in [0.29, 0.717) is 22.3 Å². The molecule has 0 aliphatic rings. The smallest absolute Gasteiger partial charge is 0.343 e. The van der Waals surface area contributed by atoms with Crippen molar-refractivity contribution in [2.24, 2.45) is 0 Å². The second-order valence-electron chi connectivity index (χ2n) is 4.20. The Balaban J connectivity index is 2.19. The molecule has 1 aromatic carbocycles. The monoisotopic (exact) mass is 323 g/mol. The molecule has 1 aromatic heterocycles. The molecule has 2 aromatic rings. The molecule has 2 N–H and O–H groups in total. The van der Waals surface area contributed by atoms with E-state index in [4.69, 9.17) is 17.3 Å². The zero-order valence-electron chi connectivity index (χ0n) is 11.6. The summed E-state index contributed by atoms with van der Waals surface area (Å²) < 4.78 is 4.66. The van der Waals surface area contributed by atoms with Crippen molar-refractivity contribution in [1.82, 2.24) is 9.97 Å². The van der Waals surface area contributed by atoms with E-state index in [1.54, 1.807) is 6.92 Å². The van der Waals surface area contributed by atoms with E-state index in [9.17, 15) is 4.79 Å². The van der Waals surface area contributed by atoms with Crippen LogP contribution in [0.15, 0.2) is 29.2 Å². The number of methoxy groups -OCH3 is 1. The number of ether oxygens (including phenoxy) is 1. The normalized spacial score (nSPS) is 10.4. The summed E-state index contributed by atoms with van der Waals surface area (Å²) in [5.74, 6) is 0.651. The highest BCUT2D eigenvalue weighted by atomic mass is 35.5. The van der Waals surface area contributed by atoms with Gasteiger partial charge in [-0.25, -0.2) is 14.8 Å². The van der Waals surface area contributed by atoms with E-state index in [-0.39, 0.29) is 11.4 Å². The van der Waals surface area contributed by atoms with Gasteiger partial charge in [0.2, 0.25) is 0 Å². The second kappa shape index (κ2) is 6.78. The zero-order valence-corrected chi connectivity index (χ0v) is 13.2. The van der Waals surface area contributed by atoms with Gasteiger partial charge in [-0.1, -0.05) is 23.7 Å². The largest absolute Gasteiger partial charge is 0.465 e. The number of thioether (sulfide) groups is 1. The van der Waals surface area contributed by atoms with Gasteiger partial charge in [-0.3, -0.25) is 0 Å². The number of aromatic nitrogens is 2. The molecule has 21 heavy (non-hydrogen) atoms. The minimum absolute atomic E-state index is 0.129. The maximum atomic E-state index is 11.6. The van der Waals surface area contributed by atoms with Crippen molar-refractivity contribution in [3.05, 3.63) is 46.4 Å².